The van der Waals surface area contributed by atoms with E-state index in [0.717, 1.165) is 0 Å². The minimum Gasteiger partial charge on any atom is -0.393 e. The number of ether oxygens (including phenoxy) is 1. The molecule has 3 rings (SSSR count). The zero-order chi connectivity index (χ0) is 14.5. The van der Waals surface area contributed by atoms with Crippen molar-refractivity contribution in [3.63, 3.8) is 0 Å². The Balaban J connectivity index is 2.06. The number of imidazole rings is 1. The molecule has 0 aromatic carbocycles. The van der Waals surface area contributed by atoms with E-state index in [1.165, 1.54) is 24.1 Å². The second kappa shape index (κ2) is 4.35. The minimum atomic E-state index is -1.25. The molecule has 4 atom stereocenters. The van der Waals surface area contributed by atoms with Crippen LogP contribution in [0, 0.1) is 0 Å². The summed E-state index contributed by atoms with van der Waals surface area (Å²) in [5.41, 5.74) is 5.21. The number of nitrogen functional groups attached to an aromatic ring is 1. The van der Waals surface area contributed by atoms with E-state index < -0.39 is 30.6 Å². The molecule has 0 spiro atoms. The van der Waals surface area contributed by atoms with Crippen molar-refractivity contribution in [1.82, 2.24) is 19.5 Å². The van der Waals surface area contributed by atoms with Gasteiger partial charge in [-0.1, -0.05) is 0 Å². The van der Waals surface area contributed by atoms with Crippen molar-refractivity contribution in [1.29, 1.82) is 0 Å². The van der Waals surface area contributed by atoms with Crippen molar-refractivity contribution in [2.75, 3.05) is 12.3 Å². The number of aliphatic hydroxyl groups excluding tert-OH is 3. The van der Waals surface area contributed by atoms with Gasteiger partial charge in [0.05, 0.1) is 12.9 Å². The van der Waals surface area contributed by atoms with Crippen LogP contribution in [-0.4, -0.2) is 59.3 Å². The molecule has 3 heterocycles. The van der Waals surface area contributed by atoms with Crippen LogP contribution >= 0.6 is 0 Å². The average molecular weight is 281 g/mol. The van der Waals surface area contributed by atoms with E-state index in [2.05, 4.69) is 15.0 Å². The van der Waals surface area contributed by atoms with Crippen LogP contribution < -0.4 is 5.73 Å². The summed E-state index contributed by atoms with van der Waals surface area (Å²) in [5.74, 6) is 0.215. The number of anilines is 1. The van der Waals surface area contributed by atoms with E-state index in [1.54, 1.807) is 0 Å². The third-order valence-electron chi connectivity index (χ3n) is 3.61. The summed E-state index contributed by atoms with van der Waals surface area (Å²) in [7, 11) is 0. The summed E-state index contributed by atoms with van der Waals surface area (Å²) in [4.78, 5) is 12.0. The van der Waals surface area contributed by atoms with Crippen molar-refractivity contribution in [3.8, 4) is 0 Å². The fraction of sp³-hybridized carbons (Fsp3) is 0.545. The number of fused-ring (bicyclic) bond motifs is 1. The quantitative estimate of drug-likeness (QED) is 0.516. The molecular formula is C11H15N5O4. The number of hydrogen-bond acceptors (Lipinski definition) is 8. The Morgan fingerprint density at radius 1 is 1.40 bits per heavy atom. The molecule has 9 nitrogen and oxygen atoms in total. The van der Waals surface area contributed by atoms with Gasteiger partial charge in [0.15, 0.2) is 17.7 Å². The van der Waals surface area contributed by atoms with Crippen molar-refractivity contribution < 1.29 is 20.1 Å². The molecule has 1 saturated heterocycles. The molecule has 2 aromatic rings. The summed E-state index contributed by atoms with van der Waals surface area (Å²) in [6.07, 6.45) is -0.686. The predicted octanol–water partition coefficient (Wildman–Crippen LogP) is -1.59. The second-order valence-corrected chi connectivity index (χ2v) is 5.00. The summed E-state index contributed by atoms with van der Waals surface area (Å²) in [6, 6.07) is 0. The monoisotopic (exact) mass is 281 g/mol. The fourth-order valence-corrected chi connectivity index (χ4v) is 2.34. The molecule has 20 heavy (non-hydrogen) atoms. The highest BCUT2D eigenvalue weighted by molar-refractivity contribution is 5.81. The number of hydrogen-bond donors (Lipinski definition) is 4. The molecule has 0 saturated carbocycles. The first kappa shape index (κ1) is 13.2. The third kappa shape index (κ3) is 1.68. The van der Waals surface area contributed by atoms with Gasteiger partial charge in [0, 0.05) is 0 Å². The smallest absolute Gasteiger partial charge is 0.167 e. The SMILES string of the molecule is C[C@]1(CO)O[C@@H](n2cnc3c(N)ncnc32)[C@H](O)[C@@H]1O. The maximum atomic E-state index is 10.1. The first-order chi connectivity index (χ1) is 9.48. The lowest BCUT2D eigenvalue weighted by molar-refractivity contribution is -0.115. The number of nitrogens with zero attached hydrogens (tertiary/aromatic N) is 4. The maximum absolute atomic E-state index is 10.1. The predicted molar refractivity (Wildman–Crippen MR) is 67.4 cm³/mol. The number of aliphatic hydroxyl groups is 3. The lowest BCUT2D eigenvalue weighted by Gasteiger charge is -2.24. The molecule has 1 fully saturated rings. The molecule has 0 radical (unpaired) electrons. The molecule has 0 bridgehead atoms. The summed E-state index contributed by atoms with van der Waals surface area (Å²) >= 11 is 0. The number of nitrogens with two attached hydrogens (primary N) is 1. The summed E-state index contributed by atoms with van der Waals surface area (Å²) < 4.78 is 7.05. The summed E-state index contributed by atoms with van der Waals surface area (Å²) in [6.45, 7) is 1.09. The highest BCUT2D eigenvalue weighted by Crippen LogP contribution is 2.37. The Morgan fingerprint density at radius 3 is 2.80 bits per heavy atom. The first-order valence-electron chi connectivity index (χ1n) is 6.06. The molecule has 1 aliphatic heterocycles. The summed E-state index contributed by atoms with van der Waals surface area (Å²) in [5, 5.41) is 29.4. The Morgan fingerprint density at radius 2 is 2.15 bits per heavy atom. The van der Waals surface area contributed by atoms with E-state index in [-0.39, 0.29) is 5.82 Å². The third-order valence-corrected chi connectivity index (χ3v) is 3.61. The molecule has 0 unspecified atom stereocenters. The van der Waals surface area contributed by atoms with Gasteiger partial charge >= 0.3 is 0 Å². The highest BCUT2D eigenvalue weighted by Gasteiger charge is 2.52. The Kier molecular flexibility index (Phi) is 2.87. The highest BCUT2D eigenvalue weighted by atomic mass is 16.6. The molecule has 5 N–H and O–H groups in total. The van der Waals surface area contributed by atoms with Gasteiger partial charge in [0.25, 0.3) is 0 Å². The van der Waals surface area contributed by atoms with Crippen molar-refractivity contribution >= 4 is 17.0 Å². The maximum Gasteiger partial charge on any atom is 0.167 e. The van der Waals surface area contributed by atoms with Gasteiger partial charge in [0.2, 0.25) is 0 Å². The second-order valence-electron chi connectivity index (χ2n) is 5.00. The van der Waals surface area contributed by atoms with Crippen molar-refractivity contribution in [2.45, 2.75) is 31.0 Å². The lowest BCUT2D eigenvalue weighted by atomic mass is 9.99. The van der Waals surface area contributed by atoms with Gasteiger partial charge in [0.1, 0.15) is 29.7 Å². The van der Waals surface area contributed by atoms with E-state index >= 15 is 0 Å². The van der Waals surface area contributed by atoms with Crippen LogP contribution in [0.4, 0.5) is 5.82 Å². The van der Waals surface area contributed by atoms with E-state index in [0.29, 0.717) is 11.2 Å². The van der Waals surface area contributed by atoms with Crippen molar-refractivity contribution in [3.05, 3.63) is 12.7 Å². The van der Waals surface area contributed by atoms with Gasteiger partial charge in [-0.05, 0) is 6.92 Å². The van der Waals surface area contributed by atoms with Crippen LogP contribution in [0.2, 0.25) is 0 Å². The number of rotatable bonds is 2. The Bertz CT molecular complexity index is 647. The first-order valence-corrected chi connectivity index (χ1v) is 6.06. The van der Waals surface area contributed by atoms with Crippen LogP contribution in [0.3, 0.4) is 0 Å². The van der Waals surface area contributed by atoms with Gasteiger partial charge < -0.3 is 25.8 Å². The minimum absolute atomic E-state index is 0.215. The van der Waals surface area contributed by atoms with Crippen molar-refractivity contribution in [2.24, 2.45) is 0 Å². The topological polar surface area (TPSA) is 140 Å². The molecule has 9 heteroatoms. The van der Waals surface area contributed by atoms with E-state index in [1.807, 2.05) is 0 Å². The zero-order valence-electron chi connectivity index (χ0n) is 10.7. The Labute approximate surface area is 113 Å². The fourth-order valence-electron chi connectivity index (χ4n) is 2.34. The van der Waals surface area contributed by atoms with Crippen LogP contribution in [0.25, 0.3) is 11.2 Å². The normalized spacial score (nSPS) is 33.9. The number of aromatic nitrogens is 4. The molecule has 108 valence electrons. The van der Waals surface area contributed by atoms with Gasteiger partial charge in [-0.15, -0.1) is 0 Å². The van der Waals surface area contributed by atoms with Crippen LogP contribution in [0.5, 0.6) is 0 Å². The van der Waals surface area contributed by atoms with Gasteiger partial charge in [-0.3, -0.25) is 4.57 Å². The van der Waals surface area contributed by atoms with Crippen LogP contribution in [0.15, 0.2) is 12.7 Å². The molecule has 0 aliphatic carbocycles. The Hall–Kier alpha value is -1.81. The molecule has 1 aliphatic rings. The molecule has 2 aromatic heterocycles. The van der Waals surface area contributed by atoms with Gasteiger partial charge in [-0.25, -0.2) is 15.0 Å². The van der Waals surface area contributed by atoms with Gasteiger partial charge in [-0.2, -0.15) is 0 Å². The average Bonchev–Trinajstić information content (AvgIpc) is 2.96. The largest absolute Gasteiger partial charge is 0.393 e. The van der Waals surface area contributed by atoms with E-state index in [4.69, 9.17) is 10.5 Å². The van der Waals surface area contributed by atoms with E-state index in [9.17, 15) is 15.3 Å². The lowest BCUT2D eigenvalue weighted by Crippen LogP contribution is -2.43. The van der Waals surface area contributed by atoms with Crippen LogP contribution in [-0.2, 0) is 4.74 Å². The van der Waals surface area contributed by atoms with Crippen LogP contribution in [0.1, 0.15) is 13.2 Å². The zero-order valence-corrected chi connectivity index (χ0v) is 10.7. The standard InChI is InChI=1S/C11H15N5O4/c1-11(2-17)7(19)6(18)10(20-11)16-4-15-5-8(12)13-3-14-9(5)16/h3-4,6-7,10,17-19H,2H2,1H3,(H2,12,13,14)/t6-,7+,10-,11-/m1/s1. The molecule has 0 amide bonds. The molecular weight excluding hydrogens is 266 g/mol.